The Morgan fingerprint density at radius 3 is 2.79 bits per heavy atom. The van der Waals surface area contributed by atoms with Gasteiger partial charge < -0.3 is 10.2 Å². The second kappa shape index (κ2) is 4.98. The average Bonchev–Trinajstić information content (AvgIpc) is 2.25. The third kappa shape index (κ3) is 4.81. The smallest absolute Gasteiger partial charge is 0.313 e. The van der Waals surface area contributed by atoms with Crippen molar-refractivity contribution < 1.29 is 13.2 Å². The van der Waals surface area contributed by atoms with E-state index < -0.39 is 12.6 Å². The Balaban J connectivity index is 2.28. The third-order valence-corrected chi connectivity index (χ3v) is 2.39. The Morgan fingerprint density at radius 1 is 1.43 bits per heavy atom. The van der Waals surface area contributed by atoms with Gasteiger partial charge >= 0.3 is 6.18 Å². The van der Waals surface area contributed by atoms with Gasteiger partial charge in [-0.2, -0.15) is 13.2 Å². The molecule has 1 aliphatic rings. The van der Waals surface area contributed by atoms with Crippen molar-refractivity contribution in [2.75, 3.05) is 26.2 Å². The molecule has 1 N–H and O–H groups in total. The number of halogens is 3. The summed E-state index contributed by atoms with van der Waals surface area (Å²) in [5, 5.41) is 3.25. The maximum absolute atomic E-state index is 12.0. The van der Waals surface area contributed by atoms with Crippen molar-refractivity contribution in [2.24, 2.45) is 0 Å². The molecule has 2 nitrogen and oxygen atoms in total. The van der Waals surface area contributed by atoms with Crippen LogP contribution in [0.25, 0.3) is 0 Å². The van der Waals surface area contributed by atoms with Crippen LogP contribution in [0.15, 0.2) is 0 Å². The summed E-state index contributed by atoms with van der Waals surface area (Å²) >= 11 is 0. The number of nitrogens with zero attached hydrogens (tertiary/aromatic N) is 1. The number of alkyl halides is 3. The second-order valence-electron chi connectivity index (χ2n) is 3.87. The van der Waals surface area contributed by atoms with Crippen molar-refractivity contribution in [1.29, 1.82) is 0 Å². The highest BCUT2D eigenvalue weighted by atomic mass is 19.4. The predicted molar refractivity (Wildman–Crippen MR) is 49.2 cm³/mol. The monoisotopic (exact) mass is 210 g/mol. The number of nitrogens with one attached hydrogen (secondary N) is 1. The molecule has 14 heavy (non-hydrogen) atoms. The molecule has 0 aliphatic carbocycles. The van der Waals surface area contributed by atoms with Crippen LogP contribution >= 0.6 is 0 Å². The fourth-order valence-electron chi connectivity index (χ4n) is 1.68. The molecule has 1 fully saturated rings. The maximum Gasteiger partial charge on any atom is 0.390 e. The van der Waals surface area contributed by atoms with Crippen LogP contribution in [0.3, 0.4) is 0 Å². The van der Waals surface area contributed by atoms with E-state index >= 15 is 0 Å². The standard InChI is InChI=1S/C9H17F3N2/c1-8-7-14(5-2-4-13-8)6-3-9(10,11)12/h8,13H,2-7H2,1H3. The predicted octanol–water partition coefficient (Wildman–Crippen LogP) is 1.62. The molecule has 0 aromatic heterocycles. The van der Waals surface area contributed by atoms with Crippen LogP contribution in [0, 0.1) is 0 Å². The van der Waals surface area contributed by atoms with E-state index in [4.69, 9.17) is 0 Å². The highest BCUT2D eigenvalue weighted by molar-refractivity contribution is 4.73. The lowest BCUT2D eigenvalue weighted by Gasteiger charge is -2.22. The van der Waals surface area contributed by atoms with Gasteiger partial charge in [-0.25, -0.2) is 0 Å². The third-order valence-electron chi connectivity index (χ3n) is 2.39. The molecule has 0 amide bonds. The minimum Gasteiger partial charge on any atom is -0.313 e. The molecule has 0 bridgehead atoms. The molecule has 1 heterocycles. The summed E-state index contributed by atoms with van der Waals surface area (Å²) in [6.45, 7) is 4.54. The quantitative estimate of drug-likeness (QED) is 0.745. The van der Waals surface area contributed by atoms with Crippen LogP contribution < -0.4 is 5.32 Å². The van der Waals surface area contributed by atoms with Gasteiger partial charge in [-0.1, -0.05) is 0 Å². The Kier molecular flexibility index (Phi) is 4.19. The Bertz CT molecular complexity index is 170. The second-order valence-corrected chi connectivity index (χ2v) is 3.87. The zero-order valence-corrected chi connectivity index (χ0v) is 8.40. The van der Waals surface area contributed by atoms with Crippen LogP contribution in [0.5, 0.6) is 0 Å². The van der Waals surface area contributed by atoms with Gasteiger partial charge in [-0.15, -0.1) is 0 Å². The molecule has 0 aromatic carbocycles. The lowest BCUT2D eigenvalue weighted by Crippen LogP contribution is -2.36. The molecule has 1 saturated heterocycles. The molecular formula is C9H17F3N2. The average molecular weight is 210 g/mol. The summed E-state index contributed by atoms with van der Waals surface area (Å²) in [5.74, 6) is 0. The Labute approximate surface area is 82.5 Å². The molecular weight excluding hydrogens is 193 g/mol. The fraction of sp³-hybridized carbons (Fsp3) is 1.00. The van der Waals surface area contributed by atoms with Gasteiger partial charge in [0.2, 0.25) is 0 Å². The maximum atomic E-state index is 12.0. The van der Waals surface area contributed by atoms with Gasteiger partial charge in [0.05, 0.1) is 6.42 Å². The van der Waals surface area contributed by atoms with E-state index in [2.05, 4.69) is 5.32 Å². The van der Waals surface area contributed by atoms with E-state index in [-0.39, 0.29) is 6.54 Å². The molecule has 0 radical (unpaired) electrons. The topological polar surface area (TPSA) is 15.3 Å². The van der Waals surface area contributed by atoms with Gasteiger partial charge in [0.1, 0.15) is 0 Å². The van der Waals surface area contributed by atoms with Crippen LogP contribution in [-0.2, 0) is 0 Å². The van der Waals surface area contributed by atoms with Gasteiger partial charge in [-0.05, 0) is 26.4 Å². The van der Waals surface area contributed by atoms with E-state index in [0.29, 0.717) is 6.04 Å². The van der Waals surface area contributed by atoms with Crippen molar-refractivity contribution in [3.8, 4) is 0 Å². The van der Waals surface area contributed by atoms with E-state index in [9.17, 15) is 13.2 Å². The lowest BCUT2D eigenvalue weighted by atomic mass is 10.3. The molecule has 1 unspecified atom stereocenters. The minimum atomic E-state index is -4.02. The highest BCUT2D eigenvalue weighted by Crippen LogP contribution is 2.20. The zero-order chi connectivity index (χ0) is 10.6. The number of hydrogen-bond donors (Lipinski definition) is 1. The normalized spacial score (nSPS) is 26.1. The summed E-state index contributed by atoms with van der Waals surface area (Å²) in [7, 11) is 0. The Morgan fingerprint density at radius 2 is 2.14 bits per heavy atom. The first-order valence-corrected chi connectivity index (χ1v) is 5.00. The van der Waals surface area contributed by atoms with Crippen molar-refractivity contribution in [1.82, 2.24) is 10.2 Å². The molecule has 5 heteroatoms. The summed E-state index contributed by atoms with van der Waals surface area (Å²) in [6, 6.07) is 0.297. The van der Waals surface area contributed by atoms with E-state index in [1.165, 1.54) is 0 Å². The summed E-state index contributed by atoms with van der Waals surface area (Å²) in [4.78, 5) is 1.89. The molecule has 84 valence electrons. The minimum absolute atomic E-state index is 0.134. The molecule has 0 spiro atoms. The van der Waals surface area contributed by atoms with E-state index in [0.717, 1.165) is 26.1 Å². The van der Waals surface area contributed by atoms with Crippen LogP contribution in [0.1, 0.15) is 19.8 Å². The van der Waals surface area contributed by atoms with Crippen molar-refractivity contribution in [3.05, 3.63) is 0 Å². The first-order chi connectivity index (χ1) is 6.47. The summed E-state index contributed by atoms with van der Waals surface area (Å²) < 4.78 is 35.9. The molecule has 1 aliphatic heterocycles. The van der Waals surface area contributed by atoms with Crippen LogP contribution in [0.4, 0.5) is 13.2 Å². The van der Waals surface area contributed by atoms with E-state index in [1.54, 1.807) is 0 Å². The zero-order valence-electron chi connectivity index (χ0n) is 8.40. The van der Waals surface area contributed by atoms with Gasteiger partial charge in [0, 0.05) is 19.1 Å². The van der Waals surface area contributed by atoms with Gasteiger partial charge in [0.25, 0.3) is 0 Å². The summed E-state index contributed by atoms with van der Waals surface area (Å²) in [5.41, 5.74) is 0. The lowest BCUT2D eigenvalue weighted by molar-refractivity contribution is -0.138. The SMILES string of the molecule is CC1CN(CCC(F)(F)F)CCCN1. The summed E-state index contributed by atoms with van der Waals surface area (Å²) in [6.07, 6.45) is -3.79. The van der Waals surface area contributed by atoms with Gasteiger partial charge in [0.15, 0.2) is 0 Å². The molecule has 1 rings (SSSR count). The number of rotatable bonds is 2. The van der Waals surface area contributed by atoms with Crippen LogP contribution in [-0.4, -0.2) is 43.3 Å². The highest BCUT2D eigenvalue weighted by Gasteiger charge is 2.28. The van der Waals surface area contributed by atoms with Crippen molar-refractivity contribution in [3.63, 3.8) is 0 Å². The van der Waals surface area contributed by atoms with Crippen molar-refractivity contribution in [2.45, 2.75) is 32.0 Å². The van der Waals surface area contributed by atoms with Gasteiger partial charge in [-0.3, -0.25) is 0 Å². The van der Waals surface area contributed by atoms with Crippen LogP contribution in [0.2, 0.25) is 0 Å². The molecule has 1 atom stereocenters. The number of hydrogen-bond acceptors (Lipinski definition) is 2. The van der Waals surface area contributed by atoms with Crippen molar-refractivity contribution >= 4 is 0 Å². The first kappa shape index (κ1) is 11.8. The fourth-order valence-corrected chi connectivity index (χ4v) is 1.68. The largest absolute Gasteiger partial charge is 0.390 e. The Hall–Kier alpha value is -0.290. The molecule has 0 saturated carbocycles. The first-order valence-electron chi connectivity index (χ1n) is 5.00. The van der Waals surface area contributed by atoms with E-state index in [1.807, 2.05) is 11.8 Å². The molecule has 0 aromatic rings.